The molecule has 0 saturated carbocycles. The predicted molar refractivity (Wildman–Crippen MR) is 87.7 cm³/mol. The zero-order valence-electron chi connectivity index (χ0n) is 12.7. The van der Waals surface area contributed by atoms with E-state index in [0.717, 1.165) is 5.56 Å². The molecular weight excluding hydrogens is 330 g/mol. The second kappa shape index (κ2) is 7.04. The van der Waals surface area contributed by atoms with Gasteiger partial charge in [0.25, 0.3) is 5.89 Å². The lowest BCUT2D eigenvalue weighted by atomic mass is 10.2. The molecule has 1 aliphatic heterocycles. The number of thiophene rings is 1. The number of nitrogens with one attached hydrogen (secondary N) is 1. The van der Waals surface area contributed by atoms with Crippen LogP contribution in [0.4, 0.5) is 5.82 Å². The molecule has 1 saturated heterocycles. The van der Waals surface area contributed by atoms with Crippen LogP contribution in [0.15, 0.2) is 33.9 Å². The minimum absolute atomic E-state index is 0.00869. The number of hydrogen-bond donors (Lipinski definition) is 1. The highest BCUT2D eigenvalue weighted by Crippen LogP contribution is 2.27. The fourth-order valence-corrected chi connectivity index (χ4v) is 2.97. The number of anilines is 1. The second-order valence-corrected chi connectivity index (χ2v) is 5.95. The predicted octanol–water partition coefficient (Wildman–Crippen LogP) is 2.08. The van der Waals surface area contributed by atoms with Gasteiger partial charge in [-0.1, -0.05) is 5.16 Å². The maximum Gasteiger partial charge on any atom is 0.263 e. The van der Waals surface area contributed by atoms with E-state index in [-0.39, 0.29) is 6.10 Å². The van der Waals surface area contributed by atoms with Gasteiger partial charge in [-0.05, 0) is 11.4 Å². The molecule has 9 heteroatoms. The first kappa shape index (κ1) is 15.2. The van der Waals surface area contributed by atoms with Crippen LogP contribution in [0, 0.1) is 0 Å². The Balaban J connectivity index is 1.53. The minimum Gasteiger partial charge on any atom is -0.376 e. The molecule has 4 heterocycles. The normalized spacial score (nSPS) is 17.8. The van der Waals surface area contributed by atoms with Crippen LogP contribution in [0.5, 0.6) is 0 Å². The van der Waals surface area contributed by atoms with E-state index in [0.29, 0.717) is 49.5 Å². The Morgan fingerprint density at radius 3 is 3.17 bits per heavy atom. The lowest BCUT2D eigenvalue weighted by Gasteiger charge is -2.23. The van der Waals surface area contributed by atoms with Crippen LogP contribution in [0.1, 0.15) is 0 Å². The van der Waals surface area contributed by atoms with Crippen LogP contribution in [0.3, 0.4) is 0 Å². The van der Waals surface area contributed by atoms with Crippen molar-refractivity contribution in [1.82, 2.24) is 20.1 Å². The topological polar surface area (TPSA) is 95.2 Å². The molecule has 1 N–H and O–H groups in total. The van der Waals surface area contributed by atoms with Gasteiger partial charge >= 0.3 is 0 Å². The SMILES string of the molecule is c1ncc(-c2nc(-c3ccsc3)no2)c(NC[C@@H]2COCCO2)n1. The maximum atomic E-state index is 5.62. The summed E-state index contributed by atoms with van der Waals surface area (Å²) in [5.74, 6) is 1.55. The molecule has 8 nitrogen and oxygen atoms in total. The van der Waals surface area contributed by atoms with Crippen LogP contribution in [0.25, 0.3) is 22.8 Å². The Labute approximate surface area is 141 Å². The van der Waals surface area contributed by atoms with Crippen LogP contribution in [-0.2, 0) is 9.47 Å². The van der Waals surface area contributed by atoms with Gasteiger partial charge in [0.1, 0.15) is 17.7 Å². The molecule has 0 bridgehead atoms. The molecule has 1 fully saturated rings. The molecule has 4 rings (SSSR count). The summed E-state index contributed by atoms with van der Waals surface area (Å²) in [7, 11) is 0. The molecule has 1 aliphatic rings. The lowest BCUT2D eigenvalue weighted by Crippen LogP contribution is -2.34. The first-order valence-electron chi connectivity index (χ1n) is 7.50. The Bertz CT molecular complexity index is 786. The largest absolute Gasteiger partial charge is 0.376 e. The third kappa shape index (κ3) is 3.28. The zero-order valence-corrected chi connectivity index (χ0v) is 13.5. The van der Waals surface area contributed by atoms with Crippen molar-refractivity contribution in [3.05, 3.63) is 29.4 Å². The highest BCUT2D eigenvalue weighted by atomic mass is 32.1. The van der Waals surface area contributed by atoms with Gasteiger partial charge in [0.15, 0.2) is 0 Å². The fourth-order valence-electron chi connectivity index (χ4n) is 2.33. The fraction of sp³-hybridized carbons (Fsp3) is 0.333. The van der Waals surface area contributed by atoms with Gasteiger partial charge < -0.3 is 19.3 Å². The molecule has 0 amide bonds. The van der Waals surface area contributed by atoms with Crippen LogP contribution in [0.2, 0.25) is 0 Å². The van der Waals surface area contributed by atoms with Crippen LogP contribution >= 0.6 is 11.3 Å². The van der Waals surface area contributed by atoms with Gasteiger partial charge in [-0.15, -0.1) is 0 Å². The summed E-state index contributed by atoms with van der Waals surface area (Å²) in [4.78, 5) is 12.8. The van der Waals surface area contributed by atoms with E-state index in [2.05, 4.69) is 25.4 Å². The van der Waals surface area contributed by atoms with Crippen molar-refractivity contribution in [1.29, 1.82) is 0 Å². The summed E-state index contributed by atoms with van der Waals surface area (Å²) in [6.45, 7) is 2.39. The van der Waals surface area contributed by atoms with E-state index >= 15 is 0 Å². The van der Waals surface area contributed by atoms with Crippen molar-refractivity contribution < 1.29 is 14.0 Å². The summed E-state index contributed by atoms with van der Waals surface area (Å²) in [5.41, 5.74) is 1.58. The average molecular weight is 345 g/mol. The molecule has 0 aliphatic carbocycles. The summed E-state index contributed by atoms with van der Waals surface area (Å²) in [6.07, 6.45) is 3.12. The van der Waals surface area contributed by atoms with Gasteiger partial charge in [0.05, 0.1) is 25.9 Å². The zero-order chi connectivity index (χ0) is 16.2. The summed E-state index contributed by atoms with van der Waals surface area (Å²) < 4.78 is 16.4. The molecule has 3 aromatic heterocycles. The van der Waals surface area contributed by atoms with Crippen molar-refractivity contribution in [3.63, 3.8) is 0 Å². The molecule has 0 radical (unpaired) electrons. The van der Waals surface area contributed by atoms with E-state index in [4.69, 9.17) is 14.0 Å². The monoisotopic (exact) mass is 345 g/mol. The van der Waals surface area contributed by atoms with Crippen molar-refractivity contribution in [2.45, 2.75) is 6.10 Å². The molecule has 1 atom stereocenters. The molecule has 0 aromatic carbocycles. The highest BCUT2D eigenvalue weighted by molar-refractivity contribution is 7.08. The van der Waals surface area contributed by atoms with E-state index < -0.39 is 0 Å². The molecule has 124 valence electrons. The first-order valence-corrected chi connectivity index (χ1v) is 8.44. The molecular formula is C15H15N5O3S. The van der Waals surface area contributed by atoms with Crippen molar-refractivity contribution in [2.75, 3.05) is 31.7 Å². The van der Waals surface area contributed by atoms with Gasteiger partial charge in [-0.3, -0.25) is 0 Å². The number of nitrogens with zero attached hydrogens (tertiary/aromatic N) is 4. The minimum atomic E-state index is -0.00869. The van der Waals surface area contributed by atoms with Crippen LogP contribution in [-0.4, -0.2) is 52.6 Å². The summed E-state index contributed by atoms with van der Waals surface area (Å²) >= 11 is 1.58. The lowest BCUT2D eigenvalue weighted by molar-refractivity contribution is -0.0819. The van der Waals surface area contributed by atoms with Gasteiger partial charge in [0.2, 0.25) is 5.82 Å². The molecule has 0 unspecified atom stereocenters. The molecule has 3 aromatic rings. The van der Waals surface area contributed by atoms with E-state index in [1.54, 1.807) is 17.5 Å². The third-order valence-corrected chi connectivity index (χ3v) is 4.21. The van der Waals surface area contributed by atoms with Crippen molar-refractivity contribution in [3.8, 4) is 22.8 Å². The highest BCUT2D eigenvalue weighted by Gasteiger charge is 2.18. The summed E-state index contributed by atoms with van der Waals surface area (Å²) in [5, 5.41) is 11.2. The Morgan fingerprint density at radius 1 is 1.33 bits per heavy atom. The third-order valence-electron chi connectivity index (χ3n) is 3.53. The molecule has 0 spiro atoms. The number of aromatic nitrogens is 4. The second-order valence-electron chi connectivity index (χ2n) is 5.17. The Hall–Kier alpha value is -2.36. The standard InChI is InChI=1S/C15H15N5O3S/c1-4-24-8-10(1)13-19-15(23-20-13)12-6-16-9-18-14(12)17-5-11-7-21-2-3-22-11/h1,4,6,8-9,11H,2-3,5,7H2,(H,16,17,18)/t11-/m1/s1. The van der Waals surface area contributed by atoms with E-state index in [9.17, 15) is 0 Å². The van der Waals surface area contributed by atoms with E-state index in [1.807, 2.05) is 16.8 Å². The number of ether oxygens (including phenoxy) is 2. The quantitative estimate of drug-likeness (QED) is 0.751. The van der Waals surface area contributed by atoms with Crippen LogP contribution < -0.4 is 5.32 Å². The smallest absolute Gasteiger partial charge is 0.263 e. The average Bonchev–Trinajstić information content (AvgIpc) is 3.32. The van der Waals surface area contributed by atoms with Crippen molar-refractivity contribution >= 4 is 17.2 Å². The van der Waals surface area contributed by atoms with Gasteiger partial charge in [-0.2, -0.15) is 16.3 Å². The van der Waals surface area contributed by atoms with Gasteiger partial charge in [0, 0.05) is 23.7 Å². The van der Waals surface area contributed by atoms with Crippen molar-refractivity contribution in [2.24, 2.45) is 0 Å². The van der Waals surface area contributed by atoms with E-state index in [1.165, 1.54) is 6.33 Å². The number of hydrogen-bond acceptors (Lipinski definition) is 9. The van der Waals surface area contributed by atoms with Gasteiger partial charge in [-0.25, -0.2) is 9.97 Å². The Morgan fingerprint density at radius 2 is 2.33 bits per heavy atom. The Kier molecular flexibility index (Phi) is 4.45. The summed E-state index contributed by atoms with van der Waals surface area (Å²) in [6, 6.07) is 1.94. The first-order chi connectivity index (χ1) is 11.9. The number of rotatable bonds is 5. The molecule has 24 heavy (non-hydrogen) atoms. The maximum absolute atomic E-state index is 5.62.